The van der Waals surface area contributed by atoms with Crippen molar-refractivity contribution in [1.82, 2.24) is 21.1 Å². The van der Waals surface area contributed by atoms with Crippen LogP contribution in [0.4, 0.5) is 25.4 Å². The summed E-state index contributed by atoms with van der Waals surface area (Å²) in [6.45, 7) is 4.94. The SMILES string of the molecule is CC(=O)NC[C@H]1CN(c2ccc(N3CCNN(C(=O)NC4CCOCC4)CC3)c(F)c2)C(=O)O1. The predicted octanol–water partition coefficient (Wildman–Crippen LogP) is 0.802. The Bertz CT molecular complexity index is 912. The summed E-state index contributed by atoms with van der Waals surface area (Å²) in [4.78, 5) is 39.1. The van der Waals surface area contributed by atoms with Gasteiger partial charge in [-0.2, -0.15) is 0 Å². The maximum Gasteiger partial charge on any atom is 0.414 e. The number of ether oxygens (including phenoxy) is 2. The van der Waals surface area contributed by atoms with E-state index in [0.717, 1.165) is 12.8 Å². The molecule has 3 aliphatic rings. The van der Waals surface area contributed by atoms with Crippen LogP contribution in [-0.4, -0.2) is 87.7 Å². The first-order valence-corrected chi connectivity index (χ1v) is 11.6. The summed E-state index contributed by atoms with van der Waals surface area (Å²) in [5.74, 6) is -0.674. The van der Waals surface area contributed by atoms with Gasteiger partial charge in [0.2, 0.25) is 5.91 Å². The summed E-state index contributed by atoms with van der Waals surface area (Å²) in [5, 5.41) is 7.18. The Labute approximate surface area is 197 Å². The summed E-state index contributed by atoms with van der Waals surface area (Å²) < 4.78 is 25.6. The van der Waals surface area contributed by atoms with Crippen molar-refractivity contribution >= 4 is 29.4 Å². The number of anilines is 2. The number of amides is 4. The summed E-state index contributed by atoms with van der Waals surface area (Å²) in [7, 11) is 0. The third-order valence-corrected chi connectivity index (χ3v) is 6.11. The fraction of sp³-hybridized carbons (Fsp3) is 0.591. The standard InChI is InChI=1S/C22H31FN6O5/c1-15(30)24-13-18-14-28(22(32)34-18)17-2-3-20(19(23)12-17)27-7-6-25-29(9-8-27)21(31)26-16-4-10-33-11-5-16/h2-3,12,16,18,25H,4-11,13-14H2,1H3,(H,24,30)(H,26,31)/t18-/m0/s1. The molecule has 4 rings (SSSR count). The van der Waals surface area contributed by atoms with Crippen LogP contribution in [0.3, 0.4) is 0 Å². The van der Waals surface area contributed by atoms with Gasteiger partial charge in [0.05, 0.1) is 31.0 Å². The van der Waals surface area contributed by atoms with Gasteiger partial charge in [-0.05, 0) is 31.0 Å². The van der Waals surface area contributed by atoms with Crippen molar-refractivity contribution in [2.24, 2.45) is 0 Å². The normalized spacial score (nSPS) is 21.8. The Morgan fingerprint density at radius 1 is 1.21 bits per heavy atom. The minimum absolute atomic E-state index is 0.0995. The van der Waals surface area contributed by atoms with Crippen LogP contribution in [0, 0.1) is 5.82 Å². The lowest BCUT2D eigenvalue weighted by atomic mass is 10.1. The van der Waals surface area contributed by atoms with E-state index in [0.29, 0.717) is 50.8 Å². The number of cyclic esters (lactones) is 1. The number of carbonyl (C=O) groups excluding carboxylic acids is 3. The highest BCUT2D eigenvalue weighted by atomic mass is 19.1. The van der Waals surface area contributed by atoms with Crippen molar-refractivity contribution < 1.29 is 28.2 Å². The molecule has 0 radical (unpaired) electrons. The van der Waals surface area contributed by atoms with Crippen molar-refractivity contribution in [2.45, 2.75) is 31.9 Å². The summed E-state index contributed by atoms with van der Waals surface area (Å²) >= 11 is 0. The van der Waals surface area contributed by atoms with E-state index in [1.54, 1.807) is 12.1 Å². The van der Waals surface area contributed by atoms with Gasteiger partial charge in [0.15, 0.2) is 0 Å². The molecule has 12 heteroatoms. The second kappa shape index (κ2) is 10.9. The zero-order valence-electron chi connectivity index (χ0n) is 19.2. The van der Waals surface area contributed by atoms with Crippen molar-refractivity contribution in [1.29, 1.82) is 0 Å². The highest BCUT2D eigenvalue weighted by Gasteiger charge is 2.33. The van der Waals surface area contributed by atoms with E-state index in [4.69, 9.17) is 9.47 Å². The minimum atomic E-state index is -0.576. The molecule has 0 saturated carbocycles. The van der Waals surface area contributed by atoms with E-state index in [1.807, 2.05) is 4.90 Å². The molecule has 0 spiro atoms. The lowest BCUT2D eigenvalue weighted by Gasteiger charge is -2.28. The average Bonchev–Trinajstić information content (AvgIpc) is 3.02. The number of benzene rings is 1. The smallest absolute Gasteiger partial charge is 0.414 e. The first kappa shape index (κ1) is 24.0. The number of nitrogens with zero attached hydrogens (tertiary/aromatic N) is 3. The molecular formula is C22H31FN6O5. The van der Waals surface area contributed by atoms with Crippen molar-refractivity contribution in [3.05, 3.63) is 24.0 Å². The van der Waals surface area contributed by atoms with Crippen molar-refractivity contribution in [2.75, 3.05) is 62.3 Å². The van der Waals surface area contributed by atoms with Crippen LogP contribution in [0.5, 0.6) is 0 Å². The Kier molecular flexibility index (Phi) is 7.68. The monoisotopic (exact) mass is 478 g/mol. The van der Waals surface area contributed by atoms with E-state index in [1.165, 1.54) is 22.9 Å². The van der Waals surface area contributed by atoms with Gasteiger partial charge in [-0.25, -0.2) is 19.4 Å². The quantitative estimate of drug-likeness (QED) is 0.574. The summed E-state index contributed by atoms with van der Waals surface area (Å²) in [6.07, 6.45) is 0.519. The van der Waals surface area contributed by atoms with Crippen LogP contribution in [-0.2, 0) is 14.3 Å². The number of hydrogen-bond acceptors (Lipinski definition) is 7. The van der Waals surface area contributed by atoms with E-state index in [9.17, 15) is 14.4 Å². The van der Waals surface area contributed by atoms with Gasteiger partial charge in [0, 0.05) is 45.8 Å². The fourth-order valence-electron chi connectivity index (χ4n) is 4.26. The Morgan fingerprint density at radius 2 is 2.00 bits per heavy atom. The molecule has 4 amide bonds. The maximum atomic E-state index is 15.1. The molecule has 1 aromatic rings. The van der Waals surface area contributed by atoms with E-state index in [2.05, 4.69) is 16.1 Å². The number of hydrazine groups is 1. The maximum absolute atomic E-state index is 15.1. The molecule has 11 nitrogen and oxygen atoms in total. The van der Waals surface area contributed by atoms with Crippen LogP contribution in [0.2, 0.25) is 0 Å². The van der Waals surface area contributed by atoms with Gasteiger partial charge in [0.25, 0.3) is 0 Å². The van der Waals surface area contributed by atoms with Gasteiger partial charge in [-0.3, -0.25) is 14.7 Å². The molecule has 0 unspecified atom stereocenters. The van der Waals surface area contributed by atoms with Crippen LogP contribution < -0.4 is 25.9 Å². The topological polar surface area (TPSA) is 115 Å². The zero-order chi connectivity index (χ0) is 24.1. The molecule has 0 bridgehead atoms. The van der Waals surface area contributed by atoms with Gasteiger partial charge >= 0.3 is 12.1 Å². The molecule has 3 fully saturated rings. The fourth-order valence-corrected chi connectivity index (χ4v) is 4.26. The first-order chi connectivity index (χ1) is 16.4. The highest BCUT2D eigenvalue weighted by molar-refractivity contribution is 5.90. The van der Waals surface area contributed by atoms with Crippen LogP contribution in [0.25, 0.3) is 0 Å². The molecule has 186 valence electrons. The highest BCUT2D eigenvalue weighted by Crippen LogP contribution is 2.28. The molecule has 3 N–H and O–H groups in total. The number of carbonyl (C=O) groups is 3. The van der Waals surface area contributed by atoms with Gasteiger partial charge in [0.1, 0.15) is 11.9 Å². The Morgan fingerprint density at radius 3 is 2.74 bits per heavy atom. The predicted molar refractivity (Wildman–Crippen MR) is 122 cm³/mol. The van der Waals surface area contributed by atoms with Crippen LogP contribution in [0.15, 0.2) is 18.2 Å². The molecule has 0 aliphatic carbocycles. The molecule has 1 aromatic carbocycles. The summed E-state index contributed by atoms with van der Waals surface area (Å²) in [6, 6.07) is 4.53. The van der Waals surface area contributed by atoms with Crippen LogP contribution >= 0.6 is 0 Å². The van der Waals surface area contributed by atoms with Crippen molar-refractivity contribution in [3.63, 3.8) is 0 Å². The Balaban J connectivity index is 1.34. The van der Waals surface area contributed by atoms with Crippen molar-refractivity contribution in [3.8, 4) is 0 Å². The molecule has 3 saturated heterocycles. The second-order valence-electron chi connectivity index (χ2n) is 8.57. The lowest BCUT2D eigenvalue weighted by molar-refractivity contribution is -0.119. The van der Waals surface area contributed by atoms with Crippen LogP contribution in [0.1, 0.15) is 19.8 Å². The number of nitrogens with one attached hydrogen (secondary N) is 3. The second-order valence-corrected chi connectivity index (χ2v) is 8.57. The first-order valence-electron chi connectivity index (χ1n) is 11.6. The minimum Gasteiger partial charge on any atom is -0.442 e. The third kappa shape index (κ3) is 5.86. The van der Waals surface area contributed by atoms with E-state index in [-0.39, 0.29) is 31.1 Å². The number of rotatable bonds is 5. The molecule has 3 aliphatic heterocycles. The number of halogens is 1. The summed E-state index contributed by atoms with van der Waals surface area (Å²) in [5.41, 5.74) is 3.90. The largest absolute Gasteiger partial charge is 0.442 e. The molecule has 34 heavy (non-hydrogen) atoms. The molecule has 3 heterocycles. The lowest BCUT2D eigenvalue weighted by Crippen LogP contribution is -2.52. The number of hydrogen-bond donors (Lipinski definition) is 3. The van der Waals surface area contributed by atoms with Gasteiger partial charge in [-0.15, -0.1) is 0 Å². The average molecular weight is 479 g/mol. The molecule has 0 aromatic heterocycles. The third-order valence-electron chi connectivity index (χ3n) is 6.11. The zero-order valence-corrected chi connectivity index (χ0v) is 19.2. The Hall–Kier alpha value is -3.12. The van der Waals surface area contributed by atoms with Gasteiger partial charge in [-0.1, -0.05) is 0 Å². The van der Waals surface area contributed by atoms with E-state index >= 15 is 4.39 Å². The van der Waals surface area contributed by atoms with E-state index < -0.39 is 18.0 Å². The molecule has 1 atom stereocenters. The van der Waals surface area contributed by atoms with Gasteiger partial charge < -0.3 is 25.0 Å². The number of urea groups is 1. The molecular weight excluding hydrogens is 447 g/mol.